The Labute approximate surface area is 82.1 Å². The maximum absolute atomic E-state index is 10.9. The molecule has 0 spiro atoms. The molecule has 0 radical (unpaired) electrons. The first-order valence-corrected chi connectivity index (χ1v) is 4.47. The van der Waals surface area contributed by atoms with Crippen LogP contribution in [0.1, 0.15) is 21.5 Å². The van der Waals surface area contributed by atoms with Gasteiger partial charge in [0.15, 0.2) is 0 Å². The number of nitrogens with one attached hydrogen (secondary N) is 1. The van der Waals surface area contributed by atoms with E-state index in [0.29, 0.717) is 5.56 Å². The molecule has 3 heteroatoms. The van der Waals surface area contributed by atoms with Gasteiger partial charge in [-0.3, -0.25) is 0 Å². The molecule has 0 amide bonds. The van der Waals surface area contributed by atoms with E-state index in [9.17, 15) is 4.79 Å². The van der Waals surface area contributed by atoms with Gasteiger partial charge in [0.25, 0.3) is 0 Å². The van der Waals surface area contributed by atoms with E-state index in [1.54, 1.807) is 6.07 Å². The predicted octanol–water partition coefficient (Wildman–Crippen LogP) is 2.13. The average molecular weight is 189 g/mol. The van der Waals surface area contributed by atoms with E-state index in [2.05, 4.69) is 5.32 Å². The lowest BCUT2D eigenvalue weighted by Crippen LogP contribution is -2.09. The molecular formula is C11H11NO2. The van der Waals surface area contributed by atoms with Crippen molar-refractivity contribution < 1.29 is 9.90 Å². The summed E-state index contributed by atoms with van der Waals surface area (Å²) in [5.74, 6) is -0.873. The number of rotatable bonds is 1. The Kier molecular flexibility index (Phi) is 2.00. The van der Waals surface area contributed by atoms with Gasteiger partial charge in [-0.2, -0.15) is 0 Å². The second-order valence-electron chi connectivity index (χ2n) is 3.29. The van der Waals surface area contributed by atoms with E-state index >= 15 is 0 Å². The molecule has 0 saturated heterocycles. The number of fused-ring (bicyclic) bond motifs is 1. The summed E-state index contributed by atoms with van der Waals surface area (Å²) in [6.07, 6.45) is 4.02. The molecule has 2 N–H and O–H groups in total. The first-order valence-electron chi connectivity index (χ1n) is 4.47. The fourth-order valence-corrected chi connectivity index (χ4v) is 1.68. The summed E-state index contributed by atoms with van der Waals surface area (Å²) in [4.78, 5) is 10.9. The number of anilines is 1. The van der Waals surface area contributed by atoms with E-state index in [-0.39, 0.29) is 0 Å². The predicted molar refractivity (Wildman–Crippen MR) is 55.7 cm³/mol. The summed E-state index contributed by atoms with van der Waals surface area (Å²) in [5, 5.41) is 12.1. The standard InChI is InChI=1S/C11H11NO2/c1-7-9(11(13)14)5-4-8-3-2-6-12-10(7)8/h2-5,12H,6H2,1H3,(H,13,14). The van der Waals surface area contributed by atoms with Crippen LogP contribution in [0, 0.1) is 6.92 Å². The van der Waals surface area contributed by atoms with Crippen LogP contribution in [-0.4, -0.2) is 17.6 Å². The van der Waals surface area contributed by atoms with Crippen molar-refractivity contribution >= 4 is 17.7 Å². The fourth-order valence-electron chi connectivity index (χ4n) is 1.68. The van der Waals surface area contributed by atoms with Gasteiger partial charge in [-0.05, 0) is 24.1 Å². The number of carboxylic acid groups (broad SMARTS) is 1. The smallest absolute Gasteiger partial charge is 0.336 e. The van der Waals surface area contributed by atoms with Crippen molar-refractivity contribution in [3.05, 3.63) is 34.9 Å². The molecule has 0 unspecified atom stereocenters. The minimum Gasteiger partial charge on any atom is -0.478 e. The third kappa shape index (κ3) is 1.27. The zero-order valence-electron chi connectivity index (χ0n) is 7.87. The molecule has 0 aliphatic carbocycles. The number of hydrogen-bond donors (Lipinski definition) is 2. The molecule has 2 rings (SSSR count). The molecule has 0 fully saturated rings. The van der Waals surface area contributed by atoms with Crippen LogP contribution in [-0.2, 0) is 0 Å². The maximum Gasteiger partial charge on any atom is 0.336 e. The fraction of sp³-hybridized carbons (Fsp3) is 0.182. The van der Waals surface area contributed by atoms with Crippen molar-refractivity contribution in [1.82, 2.24) is 0 Å². The van der Waals surface area contributed by atoms with E-state index < -0.39 is 5.97 Å². The highest BCUT2D eigenvalue weighted by atomic mass is 16.4. The first kappa shape index (κ1) is 8.81. The van der Waals surface area contributed by atoms with Crippen LogP contribution >= 0.6 is 0 Å². The summed E-state index contributed by atoms with van der Waals surface area (Å²) < 4.78 is 0. The Morgan fingerprint density at radius 2 is 2.29 bits per heavy atom. The molecule has 0 aromatic heterocycles. The second kappa shape index (κ2) is 3.18. The number of carboxylic acids is 1. The Morgan fingerprint density at radius 3 is 3.00 bits per heavy atom. The third-order valence-electron chi connectivity index (χ3n) is 2.42. The van der Waals surface area contributed by atoms with Crippen LogP contribution < -0.4 is 5.32 Å². The molecule has 0 saturated carbocycles. The van der Waals surface area contributed by atoms with Gasteiger partial charge in [0.2, 0.25) is 0 Å². The van der Waals surface area contributed by atoms with Crippen molar-refractivity contribution in [2.45, 2.75) is 6.92 Å². The van der Waals surface area contributed by atoms with Crippen molar-refractivity contribution in [2.75, 3.05) is 11.9 Å². The molecule has 1 aromatic rings. The molecule has 0 bridgehead atoms. The van der Waals surface area contributed by atoms with Crippen LogP contribution in [0.25, 0.3) is 6.08 Å². The molecule has 1 aliphatic rings. The molecule has 3 nitrogen and oxygen atoms in total. The Bertz CT molecular complexity index is 422. The monoisotopic (exact) mass is 189 g/mol. The van der Waals surface area contributed by atoms with Crippen LogP contribution in [0.15, 0.2) is 18.2 Å². The SMILES string of the molecule is Cc1c(C(=O)O)ccc2c1NCC=C2. The maximum atomic E-state index is 10.9. The van der Waals surface area contributed by atoms with Gasteiger partial charge < -0.3 is 10.4 Å². The highest BCUT2D eigenvalue weighted by molar-refractivity contribution is 5.93. The summed E-state index contributed by atoms with van der Waals surface area (Å²) in [6.45, 7) is 2.59. The van der Waals surface area contributed by atoms with E-state index in [1.165, 1.54) is 0 Å². The zero-order valence-corrected chi connectivity index (χ0v) is 7.87. The molecule has 1 aliphatic heterocycles. The van der Waals surface area contributed by atoms with Crippen LogP contribution in [0.4, 0.5) is 5.69 Å². The molecular weight excluding hydrogens is 178 g/mol. The van der Waals surface area contributed by atoms with Gasteiger partial charge in [0, 0.05) is 12.2 Å². The van der Waals surface area contributed by atoms with Gasteiger partial charge in [-0.15, -0.1) is 0 Å². The van der Waals surface area contributed by atoms with Crippen molar-refractivity contribution in [2.24, 2.45) is 0 Å². The number of carbonyl (C=O) groups is 1. The van der Waals surface area contributed by atoms with Gasteiger partial charge in [0.1, 0.15) is 0 Å². The van der Waals surface area contributed by atoms with Crippen molar-refractivity contribution in [1.29, 1.82) is 0 Å². The Hall–Kier alpha value is -1.77. The van der Waals surface area contributed by atoms with E-state index in [4.69, 9.17) is 5.11 Å². The summed E-state index contributed by atoms with van der Waals surface area (Å²) in [6, 6.07) is 3.47. The minimum absolute atomic E-state index is 0.367. The minimum atomic E-state index is -0.873. The summed E-state index contributed by atoms with van der Waals surface area (Å²) >= 11 is 0. The first-order chi connectivity index (χ1) is 6.70. The molecule has 14 heavy (non-hydrogen) atoms. The Balaban J connectivity index is 2.61. The van der Waals surface area contributed by atoms with E-state index in [1.807, 2.05) is 25.1 Å². The molecule has 72 valence electrons. The lowest BCUT2D eigenvalue weighted by molar-refractivity contribution is 0.0696. The van der Waals surface area contributed by atoms with Crippen molar-refractivity contribution in [3.8, 4) is 0 Å². The van der Waals surface area contributed by atoms with Gasteiger partial charge in [0.05, 0.1) is 5.56 Å². The Morgan fingerprint density at radius 1 is 1.50 bits per heavy atom. The van der Waals surface area contributed by atoms with Crippen LogP contribution in [0.2, 0.25) is 0 Å². The third-order valence-corrected chi connectivity index (χ3v) is 2.42. The molecule has 0 atom stereocenters. The lowest BCUT2D eigenvalue weighted by atomic mass is 10.00. The van der Waals surface area contributed by atoms with Gasteiger partial charge in [-0.25, -0.2) is 4.79 Å². The van der Waals surface area contributed by atoms with Gasteiger partial charge >= 0.3 is 5.97 Å². The zero-order chi connectivity index (χ0) is 10.1. The van der Waals surface area contributed by atoms with Crippen molar-refractivity contribution in [3.63, 3.8) is 0 Å². The molecule has 1 aromatic carbocycles. The largest absolute Gasteiger partial charge is 0.478 e. The highest BCUT2D eigenvalue weighted by Gasteiger charge is 2.13. The van der Waals surface area contributed by atoms with E-state index in [0.717, 1.165) is 23.4 Å². The summed E-state index contributed by atoms with van der Waals surface area (Å²) in [7, 11) is 0. The topological polar surface area (TPSA) is 49.3 Å². The van der Waals surface area contributed by atoms with Crippen LogP contribution in [0.3, 0.4) is 0 Å². The lowest BCUT2D eigenvalue weighted by Gasteiger charge is -2.16. The number of benzene rings is 1. The quantitative estimate of drug-likeness (QED) is 0.711. The second-order valence-corrected chi connectivity index (χ2v) is 3.29. The molecule has 1 heterocycles. The highest BCUT2D eigenvalue weighted by Crippen LogP contribution is 2.27. The van der Waals surface area contributed by atoms with Crippen LogP contribution in [0.5, 0.6) is 0 Å². The normalized spacial score (nSPS) is 13.2. The average Bonchev–Trinajstić information content (AvgIpc) is 2.18. The number of aromatic carboxylic acids is 1. The number of hydrogen-bond acceptors (Lipinski definition) is 2. The summed E-state index contributed by atoms with van der Waals surface area (Å²) in [5.41, 5.74) is 3.16. The van der Waals surface area contributed by atoms with Gasteiger partial charge in [-0.1, -0.05) is 18.2 Å².